The van der Waals surface area contributed by atoms with Crippen molar-refractivity contribution < 1.29 is 0 Å². The van der Waals surface area contributed by atoms with E-state index in [0.29, 0.717) is 5.41 Å². The second kappa shape index (κ2) is 11.0. The summed E-state index contributed by atoms with van der Waals surface area (Å²) in [4.78, 5) is 0. The lowest BCUT2D eigenvalue weighted by Crippen LogP contribution is -2.33. The fraction of sp³-hybridized carbons (Fsp3) is 1.00. The second-order valence-electron chi connectivity index (χ2n) is 10.2. The summed E-state index contributed by atoms with van der Waals surface area (Å²) in [6, 6.07) is 0. The Morgan fingerprint density at radius 2 is 1.56 bits per heavy atom. The summed E-state index contributed by atoms with van der Waals surface area (Å²) in [5.41, 5.74) is 1.31. The SMILES string of the molecule is CCCCCC(CCC)C(C)(CCCC1(CC(C)CC)CC1)C(C)C. The van der Waals surface area contributed by atoms with Gasteiger partial charge < -0.3 is 0 Å². The molecule has 1 aliphatic carbocycles. The predicted molar refractivity (Wildman–Crippen MR) is 115 cm³/mol. The van der Waals surface area contributed by atoms with Crippen molar-refractivity contribution in [2.24, 2.45) is 28.6 Å². The molecule has 0 aromatic heterocycles. The first-order valence-corrected chi connectivity index (χ1v) is 11.8. The quantitative estimate of drug-likeness (QED) is 0.258. The fourth-order valence-corrected chi connectivity index (χ4v) is 5.22. The first-order valence-electron chi connectivity index (χ1n) is 11.8. The van der Waals surface area contributed by atoms with E-state index < -0.39 is 0 Å². The molecular formula is C25H50. The van der Waals surface area contributed by atoms with Crippen LogP contribution in [0.4, 0.5) is 0 Å². The predicted octanol–water partition coefficient (Wildman–Crippen LogP) is 9.03. The summed E-state index contributed by atoms with van der Waals surface area (Å²) in [6.07, 6.45) is 18.8. The first kappa shape index (κ1) is 23.0. The highest BCUT2D eigenvalue weighted by atomic mass is 14.5. The van der Waals surface area contributed by atoms with Crippen LogP contribution in [0, 0.1) is 28.6 Å². The summed E-state index contributed by atoms with van der Waals surface area (Å²) in [6.45, 7) is 17.2. The number of hydrogen-bond donors (Lipinski definition) is 0. The maximum Gasteiger partial charge on any atom is -0.0274 e. The molecule has 0 bridgehead atoms. The summed E-state index contributed by atoms with van der Waals surface area (Å²) < 4.78 is 0. The smallest absolute Gasteiger partial charge is 0.0274 e. The Morgan fingerprint density at radius 3 is 2.04 bits per heavy atom. The number of rotatable bonds is 15. The van der Waals surface area contributed by atoms with Gasteiger partial charge in [-0.25, -0.2) is 0 Å². The molecule has 1 rings (SSSR count). The molecule has 3 atom stereocenters. The summed E-state index contributed by atoms with van der Waals surface area (Å²) in [5, 5.41) is 0. The van der Waals surface area contributed by atoms with Gasteiger partial charge in [0.15, 0.2) is 0 Å². The number of hydrogen-bond acceptors (Lipinski definition) is 0. The molecule has 0 aromatic carbocycles. The van der Waals surface area contributed by atoms with Crippen LogP contribution in [-0.2, 0) is 0 Å². The maximum atomic E-state index is 2.64. The summed E-state index contributed by atoms with van der Waals surface area (Å²) in [7, 11) is 0. The Hall–Kier alpha value is 0. The molecule has 0 amide bonds. The van der Waals surface area contributed by atoms with Crippen molar-refractivity contribution in [1.29, 1.82) is 0 Å². The van der Waals surface area contributed by atoms with Crippen LogP contribution in [0.5, 0.6) is 0 Å². The van der Waals surface area contributed by atoms with Gasteiger partial charge in [0, 0.05) is 0 Å². The van der Waals surface area contributed by atoms with Gasteiger partial charge in [-0.15, -0.1) is 0 Å². The van der Waals surface area contributed by atoms with E-state index in [1.165, 1.54) is 83.5 Å². The third-order valence-electron chi connectivity index (χ3n) is 7.90. The van der Waals surface area contributed by atoms with Crippen LogP contribution in [0.2, 0.25) is 0 Å². The molecule has 1 aliphatic rings. The average molecular weight is 351 g/mol. The van der Waals surface area contributed by atoms with Crippen LogP contribution in [0.25, 0.3) is 0 Å². The molecule has 0 aliphatic heterocycles. The van der Waals surface area contributed by atoms with Gasteiger partial charge in [0.05, 0.1) is 0 Å². The van der Waals surface area contributed by atoms with E-state index in [1.54, 1.807) is 0 Å². The van der Waals surface area contributed by atoms with Crippen molar-refractivity contribution in [2.75, 3.05) is 0 Å². The molecular weight excluding hydrogens is 300 g/mol. The van der Waals surface area contributed by atoms with Gasteiger partial charge >= 0.3 is 0 Å². The fourth-order valence-electron chi connectivity index (χ4n) is 5.22. The zero-order valence-electron chi connectivity index (χ0n) is 18.9. The summed E-state index contributed by atoms with van der Waals surface area (Å²) in [5.74, 6) is 2.69. The average Bonchev–Trinajstić information content (AvgIpc) is 3.33. The molecule has 3 unspecified atom stereocenters. The van der Waals surface area contributed by atoms with Crippen LogP contribution in [0.3, 0.4) is 0 Å². The van der Waals surface area contributed by atoms with Crippen LogP contribution in [-0.4, -0.2) is 0 Å². The zero-order valence-corrected chi connectivity index (χ0v) is 18.9. The third-order valence-corrected chi connectivity index (χ3v) is 7.90. The third kappa shape index (κ3) is 7.26. The van der Waals surface area contributed by atoms with Gasteiger partial charge in [0.1, 0.15) is 0 Å². The van der Waals surface area contributed by atoms with E-state index in [1.807, 2.05) is 0 Å². The topological polar surface area (TPSA) is 0 Å². The molecule has 1 fully saturated rings. The van der Waals surface area contributed by atoms with E-state index in [-0.39, 0.29) is 0 Å². The molecule has 0 N–H and O–H groups in total. The Bertz CT molecular complexity index is 338. The minimum absolute atomic E-state index is 0.552. The van der Waals surface area contributed by atoms with E-state index in [0.717, 1.165) is 23.2 Å². The van der Waals surface area contributed by atoms with Crippen molar-refractivity contribution in [3.63, 3.8) is 0 Å². The van der Waals surface area contributed by atoms with Crippen LogP contribution >= 0.6 is 0 Å². The van der Waals surface area contributed by atoms with Crippen molar-refractivity contribution in [3.05, 3.63) is 0 Å². The Morgan fingerprint density at radius 1 is 0.880 bits per heavy atom. The van der Waals surface area contributed by atoms with E-state index >= 15 is 0 Å². The van der Waals surface area contributed by atoms with Crippen molar-refractivity contribution in [3.8, 4) is 0 Å². The van der Waals surface area contributed by atoms with Gasteiger partial charge in [0.25, 0.3) is 0 Å². The van der Waals surface area contributed by atoms with Gasteiger partial charge in [-0.2, -0.15) is 0 Å². The molecule has 0 aromatic rings. The molecule has 1 saturated carbocycles. The van der Waals surface area contributed by atoms with Crippen LogP contribution in [0.1, 0.15) is 132 Å². The Labute approximate surface area is 160 Å². The maximum absolute atomic E-state index is 2.64. The van der Waals surface area contributed by atoms with Gasteiger partial charge in [0.2, 0.25) is 0 Å². The molecule has 0 heterocycles. The Kier molecular flexibility index (Phi) is 10.1. The van der Waals surface area contributed by atoms with Crippen LogP contribution in [0.15, 0.2) is 0 Å². The van der Waals surface area contributed by atoms with Crippen molar-refractivity contribution >= 4 is 0 Å². The highest BCUT2D eigenvalue weighted by Gasteiger charge is 2.43. The molecule has 0 saturated heterocycles. The van der Waals surface area contributed by atoms with Crippen LogP contribution < -0.4 is 0 Å². The molecule has 0 heteroatoms. The van der Waals surface area contributed by atoms with E-state index in [4.69, 9.17) is 0 Å². The largest absolute Gasteiger partial charge is 0.0654 e. The van der Waals surface area contributed by atoms with Crippen molar-refractivity contribution in [2.45, 2.75) is 132 Å². The highest BCUT2D eigenvalue weighted by molar-refractivity contribution is 4.95. The lowest BCUT2D eigenvalue weighted by atomic mass is 9.63. The first-order chi connectivity index (χ1) is 11.8. The summed E-state index contributed by atoms with van der Waals surface area (Å²) >= 11 is 0. The second-order valence-corrected chi connectivity index (χ2v) is 10.2. The van der Waals surface area contributed by atoms with E-state index in [2.05, 4.69) is 48.5 Å². The normalized spacial score (nSPS) is 21.1. The zero-order chi connectivity index (χ0) is 18.9. The lowest BCUT2D eigenvalue weighted by molar-refractivity contribution is 0.0764. The van der Waals surface area contributed by atoms with Gasteiger partial charge in [-0.1, -0.05) is 93.4 Å². The minimum Gasteiger partial charge on any atom is -0.0654 e. The van der Waals surface area contributed by atoms with Crippen molar-refractivity contribution in [1.82, 2.24) is 0 Å². The van der Waals surface area contributed by atoms with Gasteiger partial charge in [-0.3, -0.25) is 0 Å². The van der Waals surface area contributed by atoms with Gasteiger partial charge in [-0.05, 0) is 67.1 Å². The molecule has 25 heavy (non-hydrogen) atoms. The molecule has 0 nitrogen and oxygen atoms in total. The Balaban J connectivity index is 2.60. The monoisotopic (exact) mass is 350 g/mol. The highest BCUT2D eigenvalue weighted by Crippen LogP contribution is 2.56. The molecule has 150 valence electrons. The lowest BCUT2D eigenvalue weighted by Gasteiger charge is -2.42. The molecule has 0 radical (unpaired) electrons. The minimum atomic E-state index is 0.552. The molecule has 0 spiro atoms. The number of unbranched alkanes of at least 4 members (excludes halogenated alkanes) is 2. The van der Waals surface area contributed by atoms with E-state index in [9.17, 15) is 0 Å². The standard InChI is InChI=1S/C25H50/c1-8-11-12-15-23(14-9-2)24(7,21(4)5)16-13-17-25(18-19-25)20-22(6)10-3/h21-23H,8-20H2,1-7H3.